The van der Waals surface area contributed by atoms with Crippen LogP contribution in [0.4, 0.5) is 10.8 Å². The minimum absolute atomic E-state index is 0.126. The number of sulfonamides is 1. The fourth-order valence-electron chi connectivity index (χ4n) is 1.24. The lowest BCUT2D eigenvalue weighted by Gasteiger charge is -2.04. The van der Waals surface area contributed by atoms with Crippen LogP contribution in [0, 0.1) is 6.92 Å². The second-order valence-electron chi connectivity index (χ2n) is 3.55. The molecule has 0 aliphatic heterocycles. The van der Waals surface area contributed by atoms with Crippen LogP contribution in [0.3, 0.4) is 0 Å². The highest BCUT2D eigenvalue weighted by Gasteiger charge is 2.16. The van der Waals surface area contributed by atoms with Gasteiger partial charge in [-0.2, -0.15) is 0 Å². The normalized spacial score (nSPS) is 11.4. The molecule has 1 heterocycles. The molecule has 3 N–H and O–H groups in total. The van der Waals surface area contributed by atoms with Gasteiger partial charge in [-0.3, -0.25) is 4.72 Å². The number of hydrogen-bond acceptors (Lipinski definition) is 5. The Labute approximate surface area is 114 Å². The first-order chi connectivity index (χ1) is 8.38. The Morgan fingerprint density at radius 1 is 1.33 bits per heavy atom. The van der Waals surface area contributed by atoms with Gasteiger partial charge in [0.25, 0.3) is 10.0 Å². The summed E-state index contributed by atoms with van der Waals surface area (Å²) in [5.41, 5.74) is 6.60. The van der Waals surface area contributed by atoms with Gasteiger partial charge in [0, 0.05) is 5.69 Å². The van der Waals surface area contributed by atoms with Crippen molar-refractivity contribution in [2.24, 2.45) is 0 Å². The van der Waals surface area contributed by atoms with Gasteiger partial charge in [0.15, 0.2) is 5.13 Å². The van der Waals surface area contributed by atoms with E-state index in [4.69, 9.17) is 17.3 Å². The molecule has 0 radical (unpaired) electrons. The first-order valence-electron chi connectivity index (χ1n) is 4.90. The van der Waals surface area contributed by atoms with Crippen molar-refractivity contribution in [3.05, 3.63) is 34.3 Å². The van der Waals surface area contributed by atoms with E-state index in [0.717, 1.165) is 11.3 Å². The molecule has 0 amide bonds. The van der Waals surface area contributed by atoms with Crippen molar-refractivity contribution < 1.29 is 8.42 Å². The maximum atomic E-state index is 12.0. The van der Waals surface area contributed by atoms with E-state index in [-0.39, 0.29) is 10.0 Å². The molecule has 0 saturated carbocycles. The molecule has 8 heteroatoms. The molecule has 0 unspecified atom stereocenters. The lowest BCUT2D eigenvalue weighted by molar-refractivity contribution is 0.601. The highest BCUT2D eigenvalue weighted by Crippen LogP contribution is 2.28. The van der Waals surface area contributed by atoms with Gasteiger partial charge in [-0.15, -0.1) is 0 Å². The van der Waals surface area contributed by atoms with Gasteiger partial charge in [-0.05, 0) is 31.2 Å². The molecule has 0 aliphatic carbocycles. The van der Waals surface area contributed by atoms with Crippen molar-refractivity contribution in [1.29, 1.82) is 0 Å². The first-order valence-corrected chi connectivity index (χ1v) is 7.57. The fourth-order valence-corrected chi connectivity index (χ4v) is 3.43. The molecule has 2 aromatic rings. The predicted molar refractivity (Wildman–Crippen MR) is 73.5 cm³/mol. The molecule has 0 spiro atoms. The van der Waals surface area contributed by atoms with Gasteiger partial charge in [0.2, 0.25) is 0 Å². The van der Waals surface area contributed by atoms with Crippen LogP contribution in [0.1, 0.15) is 5.69 Å². The summed E-state index contributed by atoms with van der Waals surface area (Å²) in [6.45, 7) is 1.71. The summed E-state index contributed by atoms with van der Waals surface area (Å²) >= 11 is 6.91. The van der Waals surface area contributed by atoms with Gasteiger partial charge in [-0.25, -0.2) is 13.4 Å². The lowest BCUT2D eigenvalue weighted by Crippen LogP contribution is -2.12. The average molecular weight is 304 g/mol. The molecular weight excluding hydrogens is 294 g/mol. The molecule has 1 aromatic heterocycles. The van der Waals surface area contributed by atoms with E-state index < -0.39 is 10.0 Å². The number of nitrogens with two attached hydrogens (primary N) is 1. The van der Waals surface area contributed by atoms with Crippen LogP contribution < -0.4 is 10.5 Å². The Kier molecular flexibility index (Phi) is 3.47. The first kappa shape index (κ1) is 13.1. The maximum absolute atomic E-state index is 12.0. The van der Waals surface area contributed by atoms with E-state index in [0.29, 0.717) is 15.7 Å². The standard InChI is InChI=1S/C10H10ClN3O2S2/c1-6-9(11)17-10(13-6)14-18(15,16)8-4-2-7(12)3-5-8/h2-5H,12H2,1H3,(H,13,14). The van der Waals surface area contributed by atoms with Gasteiger partial charge >= 0.3 is 0 Å². The van der Waals surface area contributed by atoms with Crippen molar-refractivity contribution >= 4 is 43.8 Å². The van der Waals surface area contributed by atoms with Crippen molar-refractivity contribution in [2.45, 2.75) is 11.8 Å². The summed E-state index contributed by atoms with van der Waals surface area (Å²) < 4.78 is 26.8. The number of thiazole rings is 1. The Morgan fingerprint density at radius 2 is 1.94 bits per heavy atom. The smallest absolute Gasteiger partial charge is 0.263 e. The monoisotopic (exact) mass is 303 g/mol. The Balaban J connectivity index is 2.29. The lowest BCUT2D eigenvalue weighted by atomic mass is 10.3. The number of benzene rings is 1. The molecule has 0 saturated heterocycles. The van der Waals surface area contributed by atoms with Gasteiger partial charge < -0.3 is 5.73 Å². The SMILES string of the molecule is Cc1nc(NS(=O)(=O)c2ccc(N)cc2)sc1Cl. The number of aromatic nitrogens is 1. The number of anilines is 2. The number of nitrogen functional groups attached to an aromatic ring is 1. The summed E-state index contributed by atoms with van der Waals surface area (Å²) in [4.78, 5) is 4.14. The summed E-state index contributed by atoms with van der Waals surface area (Å²) in [6, 6.07) is 5.91. The molecule has 2 rings (SSSR count). The quantitative estimate of drug-likeness (QED) is 0.853. The minimum Gasteiger partial charge on any atom is -0.399 e. The third-order valence-corrected chi connectivity index (χ3v) is 5.00. The largest absolute Gasteiger partial charge is 0.399 e. The molecule has 96 valence electrons. The number of nitrogens with one attached hydrogen (secondary N) is 1. The van der Waals surface area contributed by atoms with Crippen molar-refractivity contribution in [3.8, 4) is 0 Å². The second kappa shape index (κ2) is 4.75. The van der Waals surface area contributed by atoms with Crippen LogP contribution in [0.25, 0.3) is 0 Å². The highest BCUT2D eigenvalue weighted by atomic mass is 35.5. The van der Waals surface area contributed by atoms with Crippen LogP contribution in [-0.4, -0.2) is 13.4 Å². The molecular formula is C10H10ClN3O2S2. The predicted octanol–water partition coefficient (Wildman–Crippen LogP) is 2.49. The minimum atomic E-state index is -3.65. The Bertz CT molecular complexity index is 645. The molecule has 5 nitrogen and oxygen atoms in total. The van der Waals surface area contributed by atoms with Gasteiger partial charge in [-0.1, -0.05) is 22.9 Å². The number of aryl methyl sites for hydroxylation is 1. The number of nitrogens with zero attached hydrogens (tertiary/aromatic N) is 1. The molecule has 0 fully saturated rings. The average Bonchev–Trinajstić information content (AvgIpc) is 2.57. The van der Waals surface area contributed by atoms with Gasteiger partial charge in [0.1, 0.15) is 4.34 Å². The van der Waals surface area contributed by atoms with E-state index in [2.05, 4.69) is 9.71 Å². The molecule has 18 heavy (non-hydrogen) atoms. The maximum Gasteiger partial charge on any atom is 0.263 e. The Hall–Kier alpha value is -1.31. The number of rotatable bonds is 3. The van der Waals surface area contributed by atoms with Crippen LogP contribution in [0.2, 0.25) is 4.34 Å². The molecule has 0 aliphatic rings. The molecule has 0 atom stereocenters. The third-order valence-electron chi connectivity index (χ3n) is 2.15. The summed E-state index contributed by atoms with van der Waals surface area (Å²) in [5, 5.41) is 0.245. The molecule has 1 aromatic carbocycles. The topological polar surface area (TPSA) is 85.1 Å². The highest BCUT2D eigenvalue weighted by molar-refractivity contribution is 7.93. The van der Waals surface area contributed by atoms with Crippen molar-refractivity contribution in [1.82, 2.24) is 4.98 Å². The fraction of sp³-hybridized carbons (Fsp3) is 0.100. The van der Waals surface area contributed by atoms with E-state index in [9.17, 15) is 8.42 Å². The van der Waals surface area contributed by atoms with Crippen LogP contribution >= 0.6 is 22.9 Å². The summed E-state index contributed by atoms with van der Waals surface area (Å²) in [7, 11) is -3.65. The summed E-state index contributed by atoms with van der Waals surface area (Å²) in [6.07, 6.45) is 0. The number of halogens is 1. The van der Waals surface area contributed by atoms with E-state index >= 15 is 0 Å². The molecule has 0 bridgehead atoms. The Morgan fingerprint density at radius 3 is 2.44 bits per heavy atom. The van der Waals surface area contributed by atoms with Crippen molar-refractivity contribution in [3.63, 3.8) is 0 Å². The van der Waals surface area contributed by atoms with Crippen LogP contribution in [0.5, 0.6) is 0 Å². The zero-order valence-corrected chi connectivity index (χ0v) is 11.7. The third kappa shape index (κ3) is 2.74. The van der Waals surface area contributed by atoms with Crippen LogP contribution in [-0.2, 0) is 10.0 Å². The van der Waals surface area contributed by atoms with E-state index in [1.807, 2.05) is 0 Å². The van der Waals surface area contributed by atoms with Crippen LogP contribution in [0.15, 0.2) is 29.2 Å². The summed E-state index contributed by atoms with van der Waals surface area (Å²) in [5.74, 6) is 0. The van der Waals surface area contributed by atoms with Crippen molar-refractivity contribution in [2.75, 3.05) is 10.5 Å². The number of hydrogen-bond donors (Lipinski definition) is 2. The van der Waals surface area contributed by atoms with Gasteiger partial charge in [0.05, 0.1) is 10.6 Å². The van der Waals surface area contributed by atoms with E-state index in [1.165, 1.54) is 24.3 Å². The second-order valence-corrected chi connectivity index (χ2v) is 6.84. The van der Waals surface area contributed by atoms with E-state index in [1.54, 1.807) is 6.92 Å². The zero-order chi connectivity index (χ0) is 13.3. The zero-order valence-electron chi connectivity index (χ0n) is 9.34.